The zero-order valence-corrected chi connectivity index (χ0v) is 15.5. The summed E-state index contributed by atoms with van der Waals surface area (Å²) in [6.07, 6.45) is 7.92. The van der Waals surface area contributed by atoms with Gasteiger partial charge in [-0.25, -0.2) is 0 Å². The Kier molecular flexibility index (Phi) is 8.27. The Balaban J connectivity index is 1.92. The van der Waals surface area contributed by atoms with Crippen LogP contribution in [0.3, 0.4) is 0 Å². The number of carbonyl (C=O) groups excluding carboxylic acids is 1. The van der Waals surface area contributed by atoms with Gasteiger partial charge in [0.15, 0.2) is 11.5 Å². The Bertz CT molecular complexity index is 711. The van der Waals surface area contributed by atoms with Crippen LogP contribution in [0.1, 0.15) is 38.2 Å². The van der Waals surface area contributed by atoms with Gasteiger partial charge in [-0.1, -0.05) is 50.5 Å². The molecular formula is C22H27NO3. The molecule has 26 heavy (non-hydrogen) atoms. The fourth-order valence-corrected chi connectivity index (χ4v) is 2.50. The second-order valence-electron chi connectivity index (χ2n) is 6.01. The van der Waals surface area contributed by atoms with E-state index >= 15 is 0 Å². The van der Waals surface area contributed by atoms with E-state index in [0.717, 1.165) is 23.4 Å². The van der Waals surface area contributed by atoms with Gasteiger partial charge >= 0.3 is 0 Å². The number of hydrogen-bond donors (Lipinski definition) is 1. The summed E-state index contributed by atoms with van der Waals surface area (Å²) in [6, 6.07) is 15.0. The van der Waals surface area contributed by atoms with Gasteiger partial charge in [-0.15, -0.1) is 0 Å². The van der Waals surface area contributed by atoms with Crippen LogP contribution in [0.2, 0.25) is 0 Å². The van der Waals surface area contributed by atoms with E-state index in [9.17, 15) is 4.79 Å². The SMILES string of the molecule is CCCCCCOc1ccc(C=CC(=O)Nc2ccccc2)cc1OC. The van der Waals surface area contributed by atoms with Crippen molar-refractivity contribution in [3.63, 3.8) is 0 Å². The van der Waals surface area contributed by atoms with E-state index in [1.54, 1.807) is 13.2 Å². The van der Waals surface area contributed by atoms with Crippen LogP contribution in [-0.2, 0) is 4.79 Å². The van der Waals surface area contributed by atoms with Gasteiger partial charge in [-0.3, -0.25) is 4.79 Å². The average molecular weight is 353 g/mol. The van der Waals surface area contributed by atoms with Crippen LogP contribution in [0.15, 0.2) is 54.6 Å². The Labute approximate surface area is 155 Å². The molecule has 4 heteroatoms. The zero-order chi connectivity index (χ0) is 18.6. The third-order valence-electron chi connectivity index (χ3n) is 3.91. The molecule has 0 saturated carbocycles. The lowest BCUT2D eigenvalue weighted by Gasteiger charge is -2.11. The Hall–Kier alpha value is -2.75. The largest absolute Gasteiger partial charge is 0.493 e. The Morgan fingerprint density at radius 1 is 1.04 bits per heavy atom. The first-order valence-corrected chi connectivity index (χ1v) is 9.08. The van der Waals surface area contributed by atoms with E-state index in [2.05, 4.69) is 12.2 Å². The van der Waals surface area contributed by atoms with Crippen LogP contribution in [0.5, 0.6) is 11.5 Å². The highest BCUT2D eigenvalue weighted by Gasteiger charge is 2.05. The minimum Gasteiger partial charge on any atom is -0.493 e. The normalized spacial score (nSPS) is 10.7. The number of anilines is 1. The van der Waals surface area contributed by atoms with E-state index in [-0.39, 0.29) is 5.91 Å². The van der Waals surface area contributed by atoms with Gasteiger partial charge in [0.2, 0.25) is 5.91 Å². The van der Waals surface area contributed by atoms with Gasteiger partial charge < -0.3 is 14.8 Å². The highest BCUT2D eigenvalue weighted by molar-refractivity contribution is 6.01. The number of para-hydroxylation sites is 1. The molecule has 0 aliphatic heterocycles. The second kappa shape index (κ2) is 11.0. The number of methoxy groups -OCH3 is 1. The molecule has 1 amide bonds. The highest BCUT2D eigenvalue weighted by atomic mass is 16.5. The van der Waals surface area contributed by atoms with Crippen LogP contribution in [0, 0.1) is 0 Å². The van der Waals surface area contributed by atoms with Crippen molar-refractivity contribution in [2.24, 2.45) is 0 Å². The molecule has 0 saturated heterocycles. The predicted octanol–water partition coefficient (Wildman–Crippen LogP) is 5.31. The minimum atomic E-state index is -0.175. The third-order valence-corrected chi connectivity index (χ3v) is 3.91. The van der Waals surface area contributed by atoms with Crippen LogP contribution in [-0.4, -0.2) is 19.6 Å². The lowest BCUT2D eigenvalue weighted by molar-refractivity contribution is -0.111. The molecule has 0 unspecified atom stereocenters. The highest BCUT2D eigenvalue weighted by Crippen LogP contribution is 2.28. The molecule has 0 aliphatic carbocycles. The van der Waals surface area contributed by atoms with Crippen molar-refractivity contribution in [1.29, 1.82) is 0 Å². The second-order valence-corrected chi connectivity index (χ2v) is 6.01. The molecule has 0 spiro atoms. The van der Waals surface area contributed by atoms with Crippen molar-refractivity contribution in [1.82, 2.24) is 0 Å². The van der Waals surface area contributed by atoms with Gasteiger partial charge in [-0.2, -0.15) is 0 Å². The van der Waals surface area contributed by atoms with E-state index in [1.807, 2.05) is 48.5 Å². The fourth-order valence-electron chi connectivity index (χ4n) is 2.50. The summed E-state index contributed by atoms with van der Waals surface area (Å²) in [5.41, 5.74) is 1.65. The van der Waals surface area contributed by atoms with Crippen molar-refractivity contribution in [3.05, 3.63) is 60.2 Å². The average Bonchev–Trinajstić information content (AvgIpc) is 2.67. The molecule has 2 rings (SSSR count). The van der Waals surface area contributed by atoms with Crippen LogP contribution in [0.25, 0.3) is 6.08 Å². The van der Waals surface area contributed by atoms with Crippen molar-refractivity contribution >= 4 is 17.7 Å². The first kappa shape index (κ1) is 19.6. The van der Waals surface area contributed by atoms with Gasteiger partial charge in [0.25, 0.3) is 0 Å². The lowest BCUT2D eigenvalue weighted by atomic mass is 10.2. The topological polar surface area (TPSA) is 47.6 Å². The summed E-state index contributed by atoms with van der Waals surface area (Å²) in [5.74, 6) is 1.23. The number of amides is 1. The van der Waals surface area contributed by atoms with Crippen molar-refractivity contribution in [2.75, 3.05) is 19.0 Å². The molecule has 0 heterocycles. The van der Waals surface area contributed by atoms with E-state index < -0.39 is 0 Å². The molecule has 0 atom stereocenters. The summed E-state index contributed by atoms with van der Waals surface area (Å²) >= 11 is 0. The molecule has 138 valence electrons. The first-order chi connectivity index (χ1) is 12.7. The van der Waals surface area contributed by atoms with Gasteiger partial charge in [0.1, 0.15) is 0 Å². The molecule has 0 aliphatic rings. The number of unbranched alkanes of at least 4 members (excludes halogenated alkanes) is 3. The summed E-state index contributed by atoms with van der Waals surface area (Å²) in [4.78, 5) is 12.0. The zero-order valence-electron chi connectivity index (χ0n) is 15.5. The molecule has 2 aromatic carbocycles. The van der Waals surface area contributed by atoms with Crippen molar-refractivity contribution in [3.8, 4) is 11.5 Å². The lowest BCUT2D eigenvalue weighted by Crippen LogP contribution is -2.07. The molecule has 0 aromatic heterocycles. The number of carbonyl (C=O) groups is 1. The molecule has 0 bridgehead atoms. The molecule has 4 nitrogen and oxygen atoms in total. The molecule has 1 N–H and O–H groups in total. The summed E-state index contributed by atoms with van der Waals surface area (Å²) in [7, 11) is 1.62. The smallest absolute Gasteiger partial charge is 0.248 e. The standard InChI is InChI=1S/C22H27NO3/c1-3-4-5-9-16-26-20-14-12-18(17-21(20)25-2)13-15-22(24)23-19-10-7-6-8-11-19/h6-8,10-15,17H,3-5,9,16H2,1-2H3,(H,23,24). The van der Waals surface area contributed by atoms with Crippen molar-refractivity contribution in [2.45, 2.75) is 32.6 Å². The maximum Gasteiger partial charge on any atom is 0.248 e. The minimum absolute atomic E-state index is 0.175. The maximum atomic E-state index is 12.0. The summed E-state index contributed by atoms with van der Waals surface area (Å²) < 4.78 is 11.2. The quantitative estimate of drug-likeness (QED) is 0.465. The maximum absolute atomic E-state index is 12.0. The van der Waals surface area contributed by atoms with Crippen LogP contribution >= 0.6 is 0 Å². The number of benzene rings is 2. The molecule has 0 fully saturated rings. The van der Waals surface area contributed by atoms with E-state index in [4.69, 9.17) is 9.47 Å². The van der Waals surface area contributed by atoms with Gasteiger partial charge in [-0.05, 0) is 42.3 Å². The van der Waals surface area contributed by atoms with E-state index in [0.29, 0.717) is 12.4 Å². The fraction of sp³-hybridized carbons (Fsp3) is 0.318. The van der Waals surface area contributed by atoms with Gasteiger partial charge in [0, 0.05) is 11.8 Å². The summed E-state index contributed by atoms with van der Waals surface area (Å²) in [5, 5.41) is 2.82. The summed E-state index contributed by atoms with van der Waals surface area (Å²) in [6.45, 7) is 2.88. The number of hydrogen-bond acceptors (Lipinski definition) is 3. The van der Waals surface area contributed by atoms with Crippen LogP contribution < -0.4 is 14.8 Å². The number of nitrogens with one attached hydrogen (secondary N) is 1. The predicted molar refractivity (Wildman–Crippen MR) is 107 cm³/mol. The number of rotatable bonds is 10. The number of ether oxygens (including phenoxy) is 2. The van der Waals surface area contributed by atoms with Crippen molar-refractivity contribution < 1.29 is 14.3 Å². The van der Waals surface area contributed by atoms with Crippen LogP contribution in [0.4, 0.5) is 5.69 Å². The monoisotopic (exact) mass is 353 g/mol. The Morgan fingerprint density at radius 2 is 1.85 bits per heavy atom. The third kappa shape index (κ3) is 6.63. The molecule has 0 radical (unpaired) electrons. The molecule has 2 aromatic rings. The first-order valence-electron chi connectivity index (χ1n) is 9.08. The molecular weight excluding hydrogens is 326 g/mol. The van der Waals surface area contributed by atoms with Gasteiger partial charge in [0.05, 0.1) is 13.7 Å². The van der Waals surface area contributed by atoms with E-state index in [1.165, 1.54) is 25.3 Å². The Morgan fingerprint density at radius 3 is 2.58 bits per heavy atom.